The Labute approximate surface area is 137 Å². The summed E-state index contributed by atoms with van der Waals surface area (Å²) >= 11 is 1.86. The van der Waals surface area contributed by atoms with E-state index in [1.807, 2.05) is 51.6 Å². The summed E-state index contributed by atoms with van der Waals surface area (Å²) in [4.78, 5) is 0. The summed E-state index contributed by atoms with van der Waals surface area (Å²) in [5.41, 5.74) is 10.8. The molecule has 122 valence electrons. The fourth-order valence-corrected chi connectivity index (χ4v) is 2.65. The molecule has 0 atom stereocenters. The first-order valence-electron chi connectivity index (χ1n) is 7.69. The second-order valence-corrected chi connectivity index (χ2v) is 5.76. The van der Waals surface area contributed by atoms with Gasteiger partial charge in [-0.2, -0.15) is 11.8 Å². The zero-order valence-corrected chi connectivity index (χ0v) is 15.0. The first kappa shape index (κ1) is 18.4. The summed E-state index contributed by atoms with van der Waals surface area (Å²) in [6.07, 6.45) is 3.25. The smallest absolute Gasteiger partial charge is 0.141 e. The highest BCUT2D eigenvalue weighted by Crippen LogP contribution is 2.31. The van der Waals surface area contributed by atoms with E-state index in [0.29, 0.717) is 0 Å². The number of nitrogen functional groups attached to an aromatic ring is 1. The summed E-state index contributed by atoms with van der Waals surface area (Å²) < 4.78 is 5.20. The zero-order valence-electron chi connectivity index (χ0n) is 14.2. The lowest BCUT2D eigenvalue weighted by atomic mass is 10.0. The molecular formula is C17H27N3OS. The Kier molecular flexibility index (Phi) is 7.88. The van der Waals surface area contributed by atoms with E-state index in [9.17, 15) is 0 Å². The molecule has 4 nitrogen and oxygen atoms in total. The molecule has 0 saturated carbocycles. The second kappa shape index (κ2) is 9.41. The van der Waals surface area contributed by atoms with Crippen molar-refractivity contribution in [3.63, 3.8) is 0 Å². The van der Waals surface area contributed by atoms with Crippen LogP contribution in [0.15, 0.2) is 22.7 Å². The number of anilines is 2. The lowest BCUT2D eigenvalue weighted by molar-refractivity contribution is 0.393. The molecule has 1 heterocycles. The van der Waals surface area contributed by atoms with Crippen LogP contribution in [0.3, 0.4) is 0 Å². The number of thioether (sulfide) groups is 1. The molecule has 0 radical (unpaired) electrons. The normalized spacial score (nSPS) is 10.0. The number of aromatic nitrogens is 1. The molecule has 2 aromatic rings. The van der Waals surface area contributed by atoms with Crippen LogP contribution >= 0.6 is 11.8 Å². The van der Waals surface area contributed by atoms with Crippen LogP contribution in [0.1, 0.15) is 31.7 Å². The Bertz CT molecular complexity index is 562. The lowest BCUT2D eigenvalue weighted by Gasteiger charge is -2.10. The summed E-state index contributed by atoms with van der Waals surface area (Å²) in [6.45, 7) is 8.80. The van der Waals surface area contributed by atoms with Crippen LogP contribution in [-0.4, -0.2) is 23.7 Å². The molecule has 0 aliphatic rings. The minimum absolute atomic E-state index is 0.756. The zero-order chi connectivity index (χ0) is 16.5. The van der Waals surface area contributed by atoms with Crippen LogP contribution in [0.25, 0.3) is 11.1 Å². The van der Waals surface area contributed by atoms with E-state index in [0.717, 1.165) is 52.7 Å². The highest BCUT2D eigenvalue weighted by Gasteiger charge is 2.12. The Hall–Kier alpha value is -1.62. The molecule has 0 spiro atoms. The van der Waals surface area contributed by atoms with Crippen molar-refractivity contribution in [1.29, 1.82) is 0 Å². The third-order valence-electron chi connectivity index (χ3n) is 3.21. The van der Waals surface area contributed by atoms with Gasteiger partial charge in [0.2, 0.25) is 0 Å². The van der Waals surface area contributed by atoms with Gasteiger partial charge >= 0.3 is 0 Å². The molecule has 3 N–H and O–H groups in total. The van der Waals surface area contributed by atoms with Gasteiger partial charge in [0.25, 0.3) is 0 Å². The van der Waals surface area contributed by atoms with Gasteiger partial charge in [-0.05, 0) is 50.0 Å². The number of nitrogens with zero attached hydrogens (tertiary/aromatic N) is 1. The van der Waals surface area contributed by atoms with Gasteiger partial charge in [-0.15, -0.1) is 0 Å². The topological polar surface area (TPSA) is 64.1 Å². The number of nitrogens with one attached hydrogen (secondary N) is 1. The number of hydrogen-bond acceptors (Lipinski definition) is 5. The predicted molar refractivity (Wildman–Crippen MR) is 98.7 cm³/mol. The number of hydrogen-bond donors (Lipinski definition) is 2. The Morgan fingerprint density at radius 2 is 2.00 bits per heavy atom. The number of rotatable bonds is 6. The van der Waals surface area contributed by atoms with Gasteiger partial charge in [0.15, 0.2) is 0 Å². The van der Waals surface area contributed by atoms with Gasteiger partial charge in [0.05, 0.1) is 17.1 Å². The molecule has 0 amide bonds. The van der Waals surface area contributed by atoms with Crippen molar-refractivity contribution in [2.45, 2.75) is 34.1 Å². The van der Waals surface area contributed by atoms with Gasteiger partial charge in [-0.1, -0.05) is 25.1 Å². The standard InChI is InChI=1S/C15H21N3OS.C2H6/c1-10-15(11(2)19-18-10)12-5-6-14(13(16)9-12)17-7-4-8-20-3;1-2/h5-6,9,17H,4,7-8,16H2,1-3H3;1-2H3. The average Bonchev–Trinajstić information content (AvgIpc) is 2.86. The summed E-state index contributed by atoms with van der Waals surface area (Å²) in [5.74, 6) is 1.98. The van der Waals surface area contributed by atoms with E-state index in [1.54, 1.807) is 0 Å². The highest BCUT2D eigenvalue weighted by atomic mass is 32.2. The van der Waals surface area contributed by atoms with E-state index >= 15 is 0 Å². The molecule has 0 fully saturated rings. The minimum atomic E-state index is 0.756. The molecule has 0 unspecified atom stereocenters. The fraction of sp³-hybridized carbons (Fsp3) is 0.471. The maximum atomic E-state index is 6.12. The number of aryl methyl sites for hydroxylation is 2. The quantitative estimate of drug-likeness (QED) is 0.595. The van der Waals surface area contributed by atoms with Crippen molar-refractivity contribution >= 4 is 23.1 Å². The monoisotopic (exact) mass is 321 g/mol. The van der Waals surface area contributed by atoms with Crippen LogP contribution < -0.4 is 11.1 Å². The molecule has 22 heavy (non-hydrogen) atoms. The third kappa shape index (κ3) is 4.70. The van der Waals surface area contributed by atoms with Crippen LogP contribution in [0.5, 0.6) is 0 Å². The molecule has 2 rings (SSSR count). The molecule has 5 heteroatoms. The summed E-state index contributed by atoms with van der Waals surface area (Å²) in [5, 5.41) is 7.35. The highest BCUT2D eigenvalue weighted by molar-refractivity contribution is 7.98. The van der Waals surface area contributed by atoms with Gasteiger partial charge in [-0.3, -0.25) is 0 Å². The van der Waals surface area contributed by atoms with Crippen LogP contribution in [0.2, 0.25) is 0 Å². The van der Waals surface area contributed by atoms with Gasteiger partial charge < -0.3 is 15.6 Å². The fourth-order valence-electron chi connectivity index (χ4n) is 2.21. The van der Waals surface area contributed by atoms with Crippen molar-refractivity contribution in [1.82, 2.24) is 5.16 Å². The average molecular weight is 321 g/mol. The predicted octanol–water partition coefficient (Wildman–Crippen LogP) is 4.73. The summed E-state index contributed by atoms with van der Waals surface area (Å²) in [7, 11) is 0. The summed E-state index contributed by atoms with van der Waals surface area (Å²) in [6, 6.07) is 6.05. The molecule has 0 aliphatic heterocycles. The van der Waals surface area contributed by atoms with Crippen molar-refractivity contribution in [2.24, 2.45) is 0 Å². The first-order chi connectivity index (χ1) is 10.6. The van der Waals surface area contributed by atoms with Crippen molar-refractivity contribution < 1.29 is 4.52 Å². The minimum Gasteiger partial charge on any atom is -0.397 e. The Morgan fingerprint density at radius 3 is 2.55 bits per heavy atom. The van der Waals surface area contributed by atoms with Crippen molar-refractivity contribution in [3.05, 3.63) is 29.7 Å². The number of nitrogens with two attached hydrogens (primary N) is 1. The van der Waals surface area contributed by atoms with E-state index in [4.69, 9.17) is 10.3 Å². The number of benzene rings is 1. The van der Waals surface area contributed by atoms with Crippen LogP contribution in [0.4, 0.5) is 11.4 Å². The maximum Gasteiger partial charge on any atom is 0.141 e. The SMILES string of the molecule is CC.CSCCCNc1ccc(-c2c(C)noc2C)cc1N. The Balaban J connectivity index is 0.00000116. The van der Waals surface area contributed by atoms with E-state index < -0.39 is 0 Å². The molecular weight excluding hydrogens is 294 g/mol. The van der Waals surface area contributed by atoms with E-state index in [-0.39, 0.29) is 0 Å². The van der Waals surface area contributed by atoms with Gasteiger partial charge in [0, 0.05) is 12.1 Å². The van der Waals surface area contributed by atoms with Crippen LogP contribution in [0, 0.1) is 13.8 Å². The maximum absolute atomic E-state index is 6.12. The van der Waals surface area contributed by atoms with Crippen LogP contribution in [-0.2, 0) is 0 Å². The molecule has 0 bridgehead atoms. The molecule has 0 aliphatic carbocycles. The third-order valence-corrected chi connectivity index (χ3v) is 3.91. The van der Waals surface area contributed by atoms with Crippen molar-refractivity contribution in [2.75, 3.05) is 29.6 Å². The second-order valence-electron chi connectivity index (χ2n) is 4.77. The molecule has 1 aromatic carbocycles. The van der Waals surface area contributed by atoms with E-state index in [1.165, 1.54) is 0 Å². The molecule has 0 saturated heterocycles. The molecule has 1 aromatic heterocycles. The Morgan fingerprint density at radius 1 is 1.27 bits per heavy atom. The van der Waals surface area contributed by atoms with Gasteiger partial charge in [0.1, 0.15) is 5.76 Å². The van der Waals surface area contributed by atoms with E-state index in [2.05, 4.69) is 22.8 Å². The first-order valence-corrected chi connectivity index (χ1v) is 9.08. The van der Waals surface area contributed by atoms with Gasteiger partial charge in [-0.25, -0.2) is 0 Å². The lowest BCUT2D eigenvalue weighted by Crippen LogP contribution is -2.05. The largest absolute Gasteiger partial charge is 0.397 e. The van der Waals surface area contributed by atoms with Crippen molar-refractivity contribution in [3.8, 4) is 11.1 Å².